The molecule has 1 aromatic carbocycles. The maximum Gasteiger partial charge on any atom is 0.128 e. The predicted molar refractivity (Wildman–Crippen MR) is 62.1 cm³/mol. The first-order chi connectivity index (χ1) is 6.92. The highest BCUT2D eigenvalue weighted by atomic mass is 19.1. The Morgan fingerprint density at radius 2 is 2.07 bits per heavy atom. The molecule has 0 amide bonds. The van der Waals surface area contributed by atoms with Gasteiger partial charge in [-0.15, -0.1) is 0 Å². The lowest BCUT2D eigenvalue weighted by molar-refractivity contribution is 0.501. The van der Waals surface area contributed by atoms with Crippen molar-refractivity contribution in [1.82, 2.24) is 0 Å². The van der Waals surface area contributed by atoms with Gasteiger partial charge in [0.15, 0.2) is 0 Å². The topological polar surface area (TPSA) is 15.3 Å². The summed E-state index contributed by atoms with van der Waals surface area (Å²) in [5, 5.41) is 3.27. The number of nitrogens with zero attached hydrogens (tertiary/aromatic N) is 1. The summed E-state index contributed by atoms with van der Waals surface area (Å²) >= 11 is 0. The summed E-state index contributed by atoms with van der Waals surface area (Å²) < 4.78 is 13.4. The Bertz CT molecular complexity index is 399. The standard InChI is InChI=1S/C12H17FN2/c1-8-5-11-10(6-9(8)13)14-7-12(2,3)15(11)4/h5-6,14H,7H2,1-4H3. The van der Waals surface area contributed by atoms with E-state index >= 15 is 0 Å². The summed E-state index contributed by atoms with van der Waals surface area (Å²) in [4.78, 5) is 2.20. The highest BCUT2D eigenvalue weighted by molar-refractivity contribution is 5.74. The third-order valence-electron chi connectivity index (χ3n) is 3.26. The quantitative estimate of drug-likeness (QED) is 0.705. The zero-order valence-corrected chi connectivity index (χ0v) is 9.69. The van der Waals surface area contributed by atoms with Crippen LogP contribution in [0.15, 0.2) is 12.1 Å². The Morgan fingerprint density at radius 1 is 1.40 bits per heavy atom. The van der Waals surface area contributed by atoms with E-state index in [0.29, 0.717) is 5.56 Å². The number of aryl methyl sites for hydroxylation is 1. The second-order valence-electron chi connectivity index (χ2n) is 4.84. The molecule has 82 valence electrons. The van der Waals surface area contributed by atoms with Gasteiger partial charge in [-0.3, -0.25) is 0 Å². The lowest BCUT2D eigenvalue weighted by Gasteiger charge is -2.43. The molecule has 3 heteroatoms. The lowest BCUT2D eigenvalue weighted by atomic mass is 9.98. The van der Waals surface area contributed by atoms with Crippen LogP contribution >= 0.6 is 0 Å². The zero-order valence-electron chi connectivity index (χ0n) is 9.69. The molecule has 0 saturated carbocycles. The summed E-state index contributed by atoms with van der Waals surface area (Å²) in [7, 11) is 2.05. The molecule has 0 fully saturated rings. The van der Waals surface area contributed by atoms with Gasteiger partial charge >= 0.3 is 0 Å². The van der Waals surface area contributed by atoms with E-state index in [1.165, 1.54) is 0 Å². The SMILES string of the molecule is Cc1cc2c(cc1F)NCC(C)(C)N2C. The number of rotatable bonds is 0. The van der Waals surface area contributed by atoms with Gasteiger partial charge in [-0.1, -0.05) is 0 Å². The van der Waals surface area contributed by atoms with Gasteiger partial charge in [0.25, 0.3) is 0 Å². The Hall–Kier alpha value is -1.25. The largest absolute Gasteiger partial charge is 0.381 e. The van der Waals surface area contributed by atoms with Crippen molar-refractivity contribution in [2.75, 3.05) is 23.8 Å². The van der Waals surface area contributed by atoms with Gasteiger partial charge in [0.05, 0.1) is 16.9 Å². The van der Waals surface area contributed by atoms with E-state index in [2.05, 4.69) is 31.1 Å². The molecule has 15 heavy (non-hydrogen) atoms. The molecule has 0 aromatic heterocycles. The van der Waals surface area contributed by atoms with Crippen molar-refractivity contribution in [1.29, 1.82) is 0 Å². The fourth-order valence-corrected chi connectivity index (χ4v) is 1.84. The first-order valence-electron chi connectivity index (χ1n) is 5.20. The van der Waals surface area contributed by atoms with E-state index in [-0.39, 0.29) is 11.4 Å². The van der Waals surface area contributed by atoms with Crippen LogP contribution in [0.3, 0.4) is 0 Å². The van der Waals surface area contributed by atoms with Crippen molar-refractivity contribution >= 4 is 11.4 Å². The minimum Gasteiger partial charge on any atom is -0.381 e. The molecule has 1 heterocycles. The van der Waals surface area contributed by atoms with Crippen LogP contribution in [0.1, 0.15) is 19.4 Å². The molecule has 0 unspecified atom stereocenters. The van der Waals surface area contributed by atoms with Crippen LogP contribution in [-0.2, 0) is 0 Å². The normalized spacial score (nSPS) is 18.3. The van der Waals surface area contributed by atoms with E-state index < -0.39 is 0 Å². The monoisotopic (exact) mass is 208 g/mol. The Morgan fingerprint density at radius 3 is 2.73 bits per heavy atom. The number of nitrogens with one attached hydrogen (secondary N) is 1. The van der Waals surface area contributed by atoms with E-state index in [1.807, 2.05) is 6.07 Å². The third-order valence-corrected chi connectivity index (χ3v) is 3.26. The van der Waals surface area contributed by atoms with Crippen molar-refractivity contribution < 1.29 is 4.39 Å². The summed E-state index contributed by atoms with van der Waals surface area (Å²) in [6.07, 6.45) is 0. The molecule has 2 nitrogen and oxygen atoms in total. The highest BCUT2D eigenvalue weighted by Gasteiger charge is 2.30. The third kappa shape index (κ3) is 1.56. The van der Waals surface area contributed by atoms with Crippen LogP contribution in [0.4, 0.5) is 15.8 Å². The van der Waals surface area contributed by atoms with Crippen molar-refractivity contribution in [2.45, 2.75) is 26.3 Å². The Labute approximate surface area is 90.1 Å². The van der Waals surface area contributed by atoms with Crippen molar-refractivity contribution in [2.24, 2.45) is 0 Å². The van der Waals surface area contributed by atoms with Gasteiger partial charge in [-0.05, 0) is 38.5 Å². The number of hydrogen-bond acceptors (Lipinski definition) is 2. The summed E-state index contributed by atoms with van der Waals surface area (Å²) in [6, 6.07) is 3.48. The molecule has 0 spiro atoms. The zero-order chi connectivity index (χ0) is 11.2. The molecular weight excluding hydrogens is 191 g/mol. The molecule has 0 radical (unpaired) electrons. The Balaban J connectivity index is 2.52. The summed E-state index contributed by atoms with van der Waals surface area (Å²) in [5.74, 6) is -0.144. The smallest absolute Gasteiger partial charge is 0.128 e. The molecule has 2 rings (SSSR count). The molecule has 1 aromatic rings. The first kappa shape index (κ1) is 10.3. The van der Waals surface area contributed by atoms with Crippen molar-refractivity contribution in [3.8, 4) is 0 Å². The molecule has 1 N–H and O–H groups in total. The van der Waals surface area contributed by atoms with Crippen LogP contribution in [0.2, 0.25) is 0 Å². The van der Waals surface area contributed by atoms with Crippen molar-refractivity contribution in [3.63, 3.8) is 0 Å². The van der Waals surface area contributed by atoms with E-state index in [4.69, 9.17) is 0 Å². The van der Waals surface area contributed by atoms with Crippen LogP contribution < -0.4 is 10.2 Å². The summed E-state index contributed by atoms with van der Waals surface area (Å²) in [6.45, 7) is 6.97. The van der Waals surface area contributed by atoms with Crippen LogP contribution in [0.25, 0.3) is 0 Å². The Kier molecular flexibility index (Phi) is 2.14. The van der Waals surface area contributed by atoms with Gasteiger partial charge < -0.3 is 10.2 Å². The lowest BCUT2D eigenvalue weighted by Crippen LogP contribution is -2.50. The van der Waals surface area contributed by atoms with Gasteiger partial charge in [-0.25, -0.2) is 4.39 Å². The number of likely N-dealkylation sites (N-methyl/N-ethyl adjacent to an activating group) is 1. The number of benzene rings is 1. The molecule has 1 aliphatic rings. The second kappa shape index (κ2) is 3.12. The van der Waals surface area contributed by atoms with Crippen LogP contribution in [0.5, 0.6) is 0 Å². The second-order valence-corrected chi connectivity index (χ2v) is 4.84. The molecule has 0 atom stereocenters. The maximum atomic E-state index is 13.4. The molecule has 0 aliphatic carbocycles. The highest BCUT2D eigenvalue weighted by Crippen LogP contribution is 2.36. The van der Waals surface area contributed by atoms with Gasteiger partial charge in [0.2, 0.25) is 0 Å². The van der Waals surface area contributed by atoms with Crippen LogP contribution in [0, 0.1) is 12.7 Å². The fraction of sp³-hybridized carbons (Fsp3) is 0.500. The minimum absolute atomic E-state index is 0.0667. The van der Waals surface area contributed by atoms with Crippen molar-refractivity contribution in [3.05, 3.63) is 23.5 Å². The van der Waals surface area contributed by atoms with Gasteiger partial charge in [0.1, 0.15) is 5.82 Å². The molecule has 0 saturated heterocycles. The van der Waals surface area contributed by atoms with Crippen LogP contribution in [-0.4, -0.2) is 19.1 Å². The number of fused-ring (bicyclic) bond motifs is 1. The number of anilines is 2. The summed E-state index contributed by atoms with van der Waals surface area (Å²) in [5.41, 5.74) is 2.72. The molecule has 1 aliphatic heterocycles. The van der Waals surface area contributed by atoms with E-state index in [1.54, 1.807) is 13.0 Å². The molecule has 0 bridgehead atoms. The maximum absolute atomic E-state index is 13.4. The first-order valence-corrected chi connectivity index (χ1v) is 5.20. The van der Waals surface area contributed by atoms with Gasteiger partial charge in [0, 0.05) is 13.6 Å². The fourth-order valence-electron chi connectivity index (χ4n) is 1.84. The molecular formula is C12H17FN2. The minimum atomic E-state index is -0.144. The predicted octanol–water partition coefficient (Wildman–Crippen LogP) is 2.77. The average molecular weight is 208 g/mol. The van der Waals surface area contributed by atoms with E-state index in [9.17, 15) is 4.39 Å². The van der Waals surface area contributed by atoms with E-state index in [0.717, 1.165) is 17.9 Å². The number of halogens is 1. The average Bonchev–Trinajstić information content (AvgIpc) is 2.16. The number of hydrogen-bond donors (Lipinski definition) is 1. The van der Waals surface area contributed by atoms with Gasteiger partial charge in [-0.2, -0.15) is 0 Å².